The molecule has 0 bridgehead atoms. The molecule has 2 aliphatic rings. The van der Waals surface area contributed by atoms with Gasteiger partial charge in [-0.05, 0) is 29.7 Å². The Morgan fingerprint density at radius 1 is 0.850 bits per heavy atom. The van der Waals surface area contributed by atoms with Crippen molar-refractivity contribution in [1.82, 2.24) is 5.32 Å². The summed E-state index contributed by atoms with van der Waals surface area (Å²) in [6, 6.07) is 13.0. The SMILES string of the molecule is c1ccc2c(C3=NCCN3)ccc(C3=NCCC3)c2c1. The number of nitrogens with one attached hydrogen (secondary N) is 1. The molecule has 0 amide bonds. The van der Waals surface area contributed by atoms with E-state index < -0.39 is 0 Å². The van der Waals surface area contributed by atoms with E-state index >= 15 is 0 Å². The van der Waals surface area contributed by atoms with Gasteiger partial charge in [-0.1, -0.05) is 30.3 Å². The average Bonchev–Trinajstić information content (AvgIpc) is 3.19. The average molecular weight is 263 g/mol. The maximum Gasteiger partial charge on any atom is 0.129 e. The molecule has 0 spiro atoms. The predicted octanol–water partition coefficient (Wildman–Crippen LogP) is 2.77. The Kier molecular flexibility index (Phi) is 2.76. The molecule has 100 valence electrons. The maximum absolute atomic E-state index is 4.65. The van der Waals surface area contributed by atoms with Crippen LogP contribution in [0.15, 0.2) is 46.4 Å². The number of fused-ring (bicyclic) bond motifs is 1. The minimum atomic E-state index is 0.873. The van der Waals surface area contributed by atoms with Crippen LogP contribution in [0.2, 0.25) is 0 Å². The highest BCUT2D eigenvalue weighted by molar-refractivity contribution is 6.17. The molecule has 4 rings (SSSR count). The van der Waals surface area contributed by atoms with E-state index in [2.05, 4.69) is 51.7 Å². The summed E-state index contributed by atoms with van der Waals surface area (Å²) in [5.41, 5.74) is 3.76. The van der Waals surface area contributed by atoms with Crippen LogP contribution in [0.3, 0.4) is 0 Å². The summed E-state index contributed by atoms with van der Waals surface area (Å²) in [4.78, 5) is 9.21. The van der Waals surface area contributed by atoms with Gasteiger partial charge in [0.1, 0.15) is 5.84 Å². The lowest BCUT2D eigenvalue weighted by Crippen LogP contribution is -2.20. The second kappa shape index (κ2) is 4.75. The predicted molar refractivity (Wildman–Crippen MR) is 84.0 cm³/mol. The van der Waals surface area contributed by atoms with Crippen molar-refractivity contribution in [2.75, 3.05) is 19.6 Å². The van der Waals surface area contributed by atoms with Crippen molar-refractivity contribution in [3.8, 4) is 0 Å². The lowest BCUT2D eigenvalue weighted by Gasteiger charge is -2.11. The van der Waals surface area contributed by atoms with Crippen LogP contribution in [0.4, 0.5) is 0 Å². The van der Waals surface area contributed by atoms with Crippen molar-refractivity contribution in [2.45, 2.75) is 12.8 Å². The minimum Gasteiger partial charge on any atom is -0.368 e. The fourth-order valence-electron chi connectivity index (χ4n) is 3.09. The van der Waals surface area contributed by atoms with E-state index in [0.29, 0.717) is 0 Å². The van der Waals surface area contributed by atoms with E-state index in [0.717, 1.165) is 31.9 Å². The van der Waals surface area contributed by atoms with Crippen LogP contribution in [0.5, 0.6) is 0 Å². The summed E-state index contributed by atoms with van der Waals surface area (Å²) in [5, 5.41) is 5.94. The van der Waals surface area contributed by atoms with Crippen LogP contribution >= 0.6 is 0 Å². The van der Waals surface area contributed by atoms with Gasteiger partial charge in [-0.25, -0.2) is 0 Å². The fraction of sp³-hybridized carbons (Fsp3) is 0.294. The summed E-state index contributed by atoms with van der Waals surface area (Å²) >= 11 is 0. The van der Waals surface area contributed by atoms with Crippen LogP contribution in [-0.2, 0) is 0 Å². The Bertz CT molecular complexity index is 666. The summed E-state index contributed by atoms with van der Waals surface area (Å²) in [7, 11) is 0. The van der Waals surface area contributed by atoms with Crippen LogP contribution in [0.25, 0.3) is 10.8 Å². The number of nitrogens with zero attached hydrogens (tertiary/aromatic N) is 2. The molecule has 20 heavy (non-hydrogen) atoms. The third-order valence-corrected chi connectivity index (χ3v) is 4.04. The van der Waals surface area contributed by atoms with Crippen molar-refractivity contribution in [3.63, 3.8) is 0 Å². The van der Waals surface area contributed by atoms with Gasteiger partial charge in [0.15, 0.2) is 0 Å². The highest BCUT2D eigenvalue weighted by Gasteiger charge is 2.16. The molecule has 0 saturated heterocycles. The molecule has 2 aliphatic heterocycles. The lowest BCUT2D eigenvalue weighted by atomic mass is 9.95. The van der Waals surface area contributed by atoms with Gasteiger partial charge in [-0.15, -0.1) is 0 Å². The molecule has 3 nitrogen and oxygen atoms in total. The lowest BCUT2D eigenvalue weighted by molar-refractivity contribution is 0.951. The first kappa shape index (κ1) is 11.6. The number of aliphatic imine (C=N–C) groups is 2. The molecule has 1 N–H and O–H groups in total. The zero-order valence-corrected chi connectivity index (χ0v) is 11.4. The number of hydrogen-bond acceptors (Lipinski definition) is 3. The molecular formula is C17H17N3. The van der Waals surface area contributed by atoms with E-state index in [4.69, 9.17) is 0 Å². The van der Waals surface area contributed by atoms with Crippen molar-refractivity contribution in [3.05, 3.63) is 47.5 Å². The number of amidine groups is 1. The van der Waals surface area contributed by atoms with Gasteiger partial charge in [-0.3, -0.25) is 9.98 Å². The zero-order chi connectivity index (χ0) is 13.4. The molecule has 2 heterocycles. The summed E-state index contributed by atoms with van der Waals surface area (Å²) in [5.74, 6) is 1.03. The normalized spacial score (nSPS) is 18.0. The first-order chi connectivity index (χ1) is 9.93. The molecular weight excluding hydrogens is 246 g/mol. The standard InChI is InChI=1S/C17H17N3/c1-2-5-13-12(4-1)14(16-6-3-9-18-16)7-8-15(13)17-19-10-11-20-17/h1-2,4-5,7-8H,3,6,9-11H2,(H,19,20). The van der Waals surface area contributed by atoms with Crippen LogP contribution < -0.4 is 5.32 Å². The van der Waals surface area contributed by atoms with Crippen LogP contribution in [0, 0.1) is 0 Å². The molecule has 0 aromatic heterocycles. The quantitative estimate of drug-likeness (QED) is 0.888. The molecule has 2 aromatic rings. The second-order valence-corrected chi connectivity index (χ2v) is 5.30. The molecule has 0 radical (unpaired) electrons. The highest BCUT2D eigenvalue weighted by Crippen LogP contribution is 2.26. The Morgan fingerprint density at radius 3 is 2.35 bits per heavy atom. The minimum absolute atomic E-state index is 0.873. The van der Waals surface area contributed by atoms with Crippen LogP contribution in [-0.4, -0.2) is 31.2 Å². The zero-order valence-electron chi connectivity index (χ0n) is 11.4. The van der Waals surface area contributed by atoms with Crippen molar-refractivity contribution >= 4 is 22.3 Å². The van der Waals surface area contributed by atoms with Crippen molar-refractivity contribution < 1.29 is 0 Å². The van der Waals surface area contributed by atoms with Gasteiger partial charge in [0.25, 0.3) is 0 Å². The second-order valence-electron chi connectivity index (χ2n) is 5.30. The molecule has 0 aliphatic carbocycles. The summed E-state index contributed by atoms with van der Waals surface area (Å²) in [6.45, 7) is 2.79. The maximum atomic E-state index is 4.65. The van der Waals surface area contributed by atoms with Gasteiger partial charge >= 0.3 is 0 Å². The third kappa shape index (κ3) is 1.82. The molecule has 2 aromatic carbocycles. The number of rotatable bonds is 2. The summed E-state index contributed by atoms with van der Waals surface area (Å²) < 4.78 is 0. The topological polar surface area (TPSA) is 36.8 Å². The Hall–Kier alpha value is -2.16. The summed E-state index contributed by atoms with van der Waals surface area (Å²) in [6.07, 6.45) is 2.28. The van der Waals surface area contributed by atoms with Gasteiger partial charge < -0.3 is 5.32 Å². The van der Waals surface area contributed by atoms with E-state index in [-0.39, 0.29) is 0 Å². The van der Waals surface area contributed by atoms with E-state index in [1.54, 1.807) is 0 Å². The number of hydrogen-bond donors (Lipinski definition) is 1. The van der Waals surface area contributed by atoms with Crippen molar-refractivity contribution in [1.29, 1.82) is 0 Å². The Morgan fingerprint density at radius 2 is 1.65 bits per heavy atom. The van der Waals surface area contributed by atoms with Gasteiger partial charge in [-0.2, -0.15) is 0 Å². The highest BCUT2D eigenvalue weighted by atomic mass is 15.1. The Balaban J connectivity index is 1.94. The third-order valence-electron chi connectivity index (χ3n) is 4.04. The smallest absolute Gasteiger partial charge is 0.129 e. The van der Waals surface area contributed by atoms with Gasteiger partial charge in [0.05, 0.1) is 6.54 Å². The molecule has 0 atom stereocenters. The van der Waals surface area contributed by atoms with Crippen molar-refractivity contribution in [2.24, 2.45) is 9.98 Å². The fourth-order valence-corrected chi connectivity index (χ4v) is 3.09. The molecule has 0 saturated carbocycles. The molecule has 0 unspecified atom stereocenters. The van der Waals surface area contributed by atoms with E-state index in [1.807, 2.05) is 0 Å². The van der Waals surface area contributed by atoms with Crippen LogP contribution in [0.1, 0.15) is 24.0 Å². The van der Waals surface area contributed by atoms with Gasteiger partial charge in [0, 0.05) is 29.9 Å². The van der Waals surface area contributed by atoms with E-state index in [9.17, 15) is 0 Å². The first-order valence-corrected chi connectivity index (χ1v) is 7.27. The monoisotopic (exact) mass is 263 g/mol. The molecule has 0 fully saturated rings. The Labute approximate surface area is 118 Å². The first-order valence-electron chi connectivity index (χ1n) is 7.27. The van der Waals surface area contributed by atoms with E-state index in [1.165, 1.54) is 34.0 Å². The van der Waals surface area contributed by atoms with Gasteiger partial charge in [0.2, 0.25) is 0 Å². The molecule has 3 heteroatoms. The largest absolute Gasteiger partial charge is 0.368 e. The number of benzene rings is 2.